The molecular formula is C16H21N3O. The van der Waals surface area contributed by atoms with Gasteiger partial charge in [-0.15, -0.1) is 0 Å². The zero-order chi connectivity index (χ0) is 14.4. The van der Waals surface area contributed by atoms with Crippen LogP contribution in [0.2, 0.25) is 0 Å². The fourth-order valence-corrected chi connectivity index (χ4v) is 2.20. The van der Waals surface area contributed by atoms with E-state index in [0.29, 0.717) is 12.5 Å². The van der Waals surface area contributed by atoms with Crippen LogP contribution >= 0.6 is 0 Å². The van der Waals surface area contributed by atoms with Gasteiger partial charge in [0.25, 0.3) is 5.91 Å². The van der Waals surface area contributed by atoms with Gasteiger partial charge in [-0.2, -0.15) is 5.10 Å². The second kappa shape index (κ2) is 6.89. The van der Waals surface area contributed by atoms with Gasteiger partial charge in [0.05, 0.1) is 0 Å². The van der Waals surface area contributed by atoms with Gasteiger partial charge in [-0.25, -0.2) is 0 Å². The minimum absolute atomic E-state index is 0.00904. The second-order valence-electron chi connectivity index (χ2n) is 5.05. The number of rotatable bonds is 6. The van der Waals surface area contributed by atoms with Crippen LogP contribution in [0.5, 0.6) is 0 Å². The molecule has 1 heterocycles. The van der Waals surface area contributed by atoms with E-state index in [1.165, 1.54) is 0 Å². The number of aryl methyl sites for hydroxylation is 1. The summed E-state index contributed by atoms with van der Waals surface area (Å²) in [6, 6.07) is 9.66. The van der Waals surface area contributed by atoms with Gasteiger partial charge in [0.1, 0.15) is 0 Å². The Bertz CT molecular complexity index is 549. The van der Waals surface area contributed by atoms with Crippen LogP contribution in [0, 0.1) is 5.92 Å². The van der Waals surface area contributed by atoms with Crippen LogP contribution in [0.4, 0.5) is 0 Å². The summed E-state index contributed by atoms with van der Waals surface area (Å²) in [6.45, 7) is 5.62. The van der Waals surface area contributed by atoms with E-state index >= 15 is 0 Å². The number of hydrogen-bond donors (Lipinski definition) is 1. The van der Waals surface area contributed by atoms with E-state index in [1.807, 2.05) is 41.2 Å². The molecule has 0 radical (unpaired) electrons. The lowest BCUT2D eigenvalue weighted by Gasteiger charge is -2.14. The van der Waals surface area contributed by atoms with Crippen molar-refractivity contribution < 1.29 is 4.79 Å². The van der Waals surface area contributed by atoms with Crippen molar-refractivity contribution in [1.82, 2.24) is 15.1 Å². The SMILES string of the molecule is CCc1ccccc1C(=O)NC[C@@H](C)Cn1cccn1. The summed E-state index contributed by atoms with van der Waals surface area (Å²) in [4.78, 5) is 12.2. The van der Waals surface area contributed by atoms with Gasteiger partial charge in [0.15, 0.2) is 0 Å². The quantitative estimate of drug-likeness (QED) is 0.877. The predicted octanol–water partition coefficient (Wildman–Crippen LogP) is 2.51. The molecule has 0 saturated heterocycles. The highest BCUT2D eigenvalue weighted by Gasteiger charge is 2.11. The first-order valence-corrected chi connectivity index (χ1v) is 7.04. The smallest absolute Gasteiger partial charge is 0.251 e. The number of nitrogens with zero attached hydrogens (tertiary/aromatic N) is 2. The van der Waals surface area contributed by atoms with E-state index in [9.17, 15) is 4.79 Å². The van der Waals surface area contributed by atoms with E-state index in [-0.39, 0.29) is 5.91 Å². The molecule has 106 valence electrons. The number of carbonyl (C=O) groups excluding carboxylic acids is 1. The normalized spacial score (nSPS) is 12.1. The van der Waals surface area contributed by atoms with Gasteiger partial charge >= 0.3 is 0 Å². The van der Waals surface area contributed by atoms with Crippen molar-refractivity contribution in [3.8, 4) is 0 Å². The molecule has 0 aliphatic rings. The third-order valence-electron chi connectivity index (χ3n) is 3.31. The third kappa shape index (κ3) is 3.70. The summed E-state index contributed by atoms with van der Waals surface area (Å²) < 4.78 is 1.89. The Morgan fingerprint density at radius 2 is 2.15 bits per heavy atom. The molecule has 4 nitrogen and oxygen atoms in total. The molecule has 1 aromatic heterocycles. The van der Waals surface area contributed by atoms with Gasteiger partial charge in [-0.05, 0) is 30.0 Å². The van der Waals surface area contributed by atoms with E-state index in [2.05, 4.69) is 24.3 Å². The second-order valence-corrected chi connectivity index (χ2v) is 5.05. The van der Waals surface area contributed by atoms with E-state index in [0.717, 1.165) is 24.1 Å². The Labute approximate surface area is 119 Å². The Kier molecular flexibility index (Phi) is 4.93. The molecule has 0 bridgehead atoms. The van der Waals surface area contributed by atoms with Crippen LogP contribution in [0.1, 0.15) is 29.8 Å². The standard InChI is InChI=1S/C16H21N3O/c1-3-14-7-4-5-8-15(14)16(20)17-11-13(2)12-19-10-6-9-18-19/h4-10,13H,3,11-12H2,1-2H3,(H,17,20)/t13-/m1/s1. The maximum absolute atomic E-state index is 12.2. The lowest BCUT2D eigenvalue weighted by molar-refractivity contribution is 0.0945. The highest BCUT2D eigenvalue weighted by molar-refractivity contribution is 5.95. The predicted molar refractivity (Wildman–Crippen MR) is 79.5 cm³/mol. The molecule has 1 atom stereocenters. The average molecular weight is 271 g/mol. The largest absolute Gasteiger partial charge is 0.352 e. The minimum Gasteiger partial charge on any atom is -0.352 e. The van der Waals surface area contributed by atoms with Crippen LogP contribution in [0.25, 0.3) is 0 Å². The van der Waals surface area contributed by atoms with Crippen molar-refractivity contribution in [2.24, 2.45) is 5.92 Å². The molecule has 0 unspecified atom stereocenters. The van der Waals surface area contributed by atoms with Gasteiger partial charge in [0, 0.05) is 31.0 Å². The van der Waals surface area contributed by atoms with E-state index in [4.69, 9.17) is 0 Å². The number of aromatic nitrogens is 2. The first-order valence-electron chi connectivity index (χ1n) is 7.04. The van der Waals surface area contributed by atoms with Crippen molar-refractivity contribution in [1.29, 1.82) is 0 Å². The summed E-state index contributed by atoms with van der Waals surface area (Å²) >= 11 is 0. The van der Waals surface area contributed by atoms with Crippen molar-refractivity contribution in [3.63, 3.8) is 0 Å². The van der Waals surface area contributed by atoms with Crippen molar-refractivity contribution in [2.45, 2.75) is 26.8 Å². The Morgan fingerprint density at radius 3 is 2.85 bits per heavy atom. The van der Waals surface area contributed by atoms with Crippen molar-refractivity contribution in [3.05, 3.63) is 53.9 Å². The highest BCUT2D eigenvalue weighted by Crippen LogP contribution is 2.09. The monoisotopic (exact) mass is 271 g/mol. The molecule has 2 rings (SSSR count). The molecule has 1 aromatic carbocycles. The fraction of sp³-hybridized carbons (Fsp3) is 0.375. The molecule has 4 heteroatoms. The third-order valence-corrected chi connectivity index (χ3v) is 3.31. The van der Waals surface area contributed by atoms with Gasteiger partial charge in [-0.1, -0.05) is 32.0 Å². The first kappa shape index (κ1) is 14.3. The fourth-order valence-electron chi connectivity index (χ4n) is 2.20. The lowest BCUT2D eigenvalue weighted by Crippen LogP contribution is -2.30. The van der Waals surface area contributed by atoms with Gasteiger partial charge in [-0.3, -0.25) is 9.48 Å². The van der Waals surface area contributed by atoms with Crippen LogP contribution in [0.3, 0.4) is 0 Å². The number of nitrogens with one attached hydrogen (secondary N) is 1. The molecule has 0 aliphatic carbocycles. The van der Waals surface area contributed by atoms with E-state index < -0.39 is 0 Å². The number of carbonyl (C=O) groups is 1. The molecule has 0 saturated carbocycles. The molecule has 2 aromatic rings. The van der Waals surface area contributed by atoms with Crippen molar-refractivity contribution in [2.75, 3.05) is 6.54 Å². The molecule has 0 aliphatic heterocycles. The van der Waals surface area contributed by atoms with Crippen molar-refractivity contribution >= 4 is 5.91 Å². The molecule has 0 spiro atoms. The molecule has 1 N–H and O–H groups in total. The lowest BCUT2D eigenvalue weighted by atomic mass is 10.0. The van der Waals surface area contributed by atoms with Crippen LogP contribution < -0.4 is 5.32 Å². The number of amides is 1. The van der Waals surface area contributed by atoms with Gasteiger partial charge in [0.2, 0.25) is 0 Å². The summed E-state index contributed by atoms with van der Waals surface area (Å²) in [5.74, 6) is 0.349. The van der Waals surface area contributed by atoms with Crippen LogP contribution in [-0.4, -0.2) is 22.2 Å². The Balaban J connectivity index is 1.88. The topological polar surface area (TPSA) is 46.9 Å². The molecule has 0 fully saturated rings. The maximum Gasteiger partial charge on any atom is 0.251 e. The molecular weight excluding hydrogens is 250 g/mol. The van der Waals surface area contributed by atoms with Gasteiger partial charge < -0.3 is 5.32 Å². The highest BCUT2D eigenvalue weighted by atomic mass is 16.1. The van der Waals surface area contributed by atoms with Crippen LogP contribution in [-0.2, 0) is 13.0 Å². The first-order chi connectivity index (χ1) is 9.70. The Hall–Kier alpha value is -2.10. The zero-order valence-corrected chi connectivity index (χ0v) is 12.0. The average Bonchev–Trinajstić information content (AvgIpc) is 2.97. The zero-order valence-electron chi connectivity index (χ0n) is 12.0. The summed E-state index contributed by atoms with van der Waals surface area (Å²) in [5.41, 5.74) is 1.87. The summed E-state index contributed by atoms with van der Waals surface area (Å²) in [5, 5.41) is 7.18. The number of benzene rings is 1. The number of hydrogen-bond acceptors (Lipinski definition) is 2. The summed E-state index contributed by atoms with van der Waals surface area (Å²) in [7, 11) is 0. The Morgan fingerprint density at radius 1 is 1.35 bits per heavy atom. The molecule has 20 heavy (non-hydrogen) atoms. The minimum atomic E-state index is 0.00904. The van der Waals surface area contributed by atoms with E-state index in [1.54, 1.807) is 6.20 Å². The summed E-state index contributed by atoms with van der Waals surface area (Å²) in [6.07, 6.45) is 4.57. The maximum atomic E-state index is 12.2. The molecule has 1 amide bonds. The van der Waals surface area contributed by atoms with Crippen LogP contribution in [0.15, 0.2) is 42.7 Å².